The predicted octanol–water partition coefficient (Wildman–Crippen LogP) is 7.22. The number of carbonyl (C=O) groups is 2. The Labute approximate surface area is 305 Å². The quantitative estimate of drug-likeness (QED) is 0.258. The number of hydrogen-bond acceptors (Lipinski definition) is 6. The molecular formula is C39H47Cl2N5O4. The summed E-state index contributed by atoms with van der Waals surface area (Å²) in [6.45, 7) is 15.4. The van der Waals surface area contributed by atoms with Crippen LogP contribution >= 0.6 is 23.2 Å². The maximum absolute atomic E-state index is 15.0. The van der Waals surface area contributed by atoms with E-state index in [9.17, 15) is 9.59 Å². The average molecular weight is 721 g/mol. The van der Waals surface area contributed by atoms with Crippen LogP contribution in [0.1, 0.15) is 69.0 Å². The molecule has 3 aromatic rings. The normalized spacial score (nSPS) is 20.3. The van der Waals surface area contributed by atoms with Crippen LogP contribution in [0.25, 0.3) is 0 Å². The average Bonchev–Trinajstić information content (AvgIpc) is 3.49. The van der Waals surface area contributed by atoms with Gasteiger partial charge in [-0.15, -0.1) is 0 Å². The Morgan fingerprint density at radius 1 is 0.840 bits per heavy atom. The van der Waals surface area contributed by atoms with E-state index < -0.39 is 12.1 Å². The maximum atomic E-state index is 15.0. The Kier molecular flexibility index (Phi) is 11.1. The number of urea groups is 1. The number of halogens is 2. The lowest BCUT2D eigenvalue weighted by Gasteiger charge is -2.39. The zero-order valence-corrected chi connectivity index (χ0v) is 31.1. The molecular weight excluding hydrogens is 673 g/mol. The van der Waals surface area contributed by atoms with Gasteiger partial charge in [-0.2, -0.15) is 0 Å². The third kappa shape index (κ3) is 8.12. The van der Waals surface area contributed by atoms with Crippen LogP contribution in [-0.4, -0.2) is 103 Å². The summed E-state index contributed by atoms with van der Waals surface area (Å²) in [5.41, 5.74) is 3.62. The third-order valence-corrected chi connectivity index (χ3v) is 10.0. The van der Waals surface area contributed by atoms with Gasteiger partial charge in [0.25, 0.3) is 0 Å². The summed E-state index contributed by atoms with van der Waals surface area (Å²) >= 11 is 12.7. The van der Waals surface area contributed by atoms with E-state index >= 15 is 0 Å². The summed E-state index contributed by atoms with van der Waals surface area (Å²) in [6.07, 6.45) is -0.0949. The van der Waals surface area contributed by atoms with Crippen LogP contribution < -0.4 is 4.74 Å². The number of piperazine rings is 1. The second-order valence-corrected chi connectivity index (χ2v) is 15.4. The summed E-state index contributed by atoms with van der Waals surface area (Å²) in [5.74, 6) is 1.34. The maximum Gasteiger partial charge on any atom is 0.326 e. The second-order valence-electron chi connectivity index (χ2n) is 14.5. The van der Waals surface area contributed by atoms with Gasteiger partial charge in [-0.1, -0.05) is 74.3 Å². The zero-order chi connectivity index (χ0) is 35.6. The summed E-state index contributed by atoms with van der Waals surface area (Å²) in [7, 11) is 0. The number of aliphatic imine (C=N–C) groups is 1. The van der Waals surface area contributed by atoms with Gasteiger partial charge in [0.1, 0.15) is 17.6 Å². The first kappa shape index (κ1) is 36.2. The number of ether oxygens (including phenoxy) is 2. The van der Waals surface area contributed by atoms with Crippen molar-refractivity contribution in [3.63, 3.8) is 0 Å². The molecule has 3 amide bonds. The Morgan fingerprint density at radius 2 is 1.44 bits per heavy atom. The fourth-order valence-electron chi connectivity index (χ4n) is 6.73. The summed E-state index contributed by atoms with van der Waals surface area (Å²) < 4.78 is 11.9. The number of hydrogen-bond donors (Lipinski definition) is 0. The van der Waals surface area contributed by atoms with E-state index in [-0.39, 0.29) is 23.5 Å². The number of rotatable bonds is 7. The molecule has 9 nitrogen and oxygen atoms in total. The van der Waals surface area contributed by atoms with Gasteiger partial charge >= 0.3 is 6.03 Å². The number of amides is 3. The van der Waals surface area contributed by atoms with E-state index in [1.54, 1.807) is 0 Å². The first-order valence-corrected chi connectivity index (χ1v) is 18.2. The molecule has 3 aliphatic rings. The monoisotopic (exact) mass is 719 g/mol. The molecule has 2 saturated heterocycles. The topological polar surface area (TPSA) is 77.9 Å². The molecule has 3 heterocycles. The van der Waals surface area contributed by atoms with Crippen LogP contribution in [0.5, 0.6) is 5.75 Å². The third-order valence-electron chi connectivity index (χ3n) is 9.51. The van der Waals surface area contributed by atoms with Gasteiger partial charge in [0.2, 0.25) is 5.91 Å². The van der Waals surface area contributed by atoms with Crippen LogP contribution in [0, 0.1) is 0 Å². The molecule has 0 radical (unpaired) electrons. The molecule has 3 aliphatic heterocycles. The van der Waals surface area contributed by atoms with Crippen LogP contribution in [-0.2, 0) is 14.9 Å². The number of carbonyl (C=O) groups excluding carboxylic acids is 2. The SMILES string of the molecule is CC(C)Oc1cc(C(C)(C)C)ccc1C1=N[C@@H](c2ccc(Cl)cc2)[C@@H](c2ccc(Cl)cc2)N1C(=O)N1CCN(CC(=O)N2CCOCC2)CC1. The summed E-state index contributed by atoms with van der Waals surface area (Å²) in [6, 6.07) is 20.5. The first-order chi connectivity index (χ1) is 23.9. The van der Waals surface area contributed by atoms with Crippen molar-refractivity contribution in [1.82, 2.24) is 19.6 Å². The molecule has 0 unspecified atom stereocenters. The number of morpholine rings is 1. The predicted molar refractivity (Wildman–Crippen MR) is 198 cm³/mol. The number of amidine groups is 1. The number of nitrogens with zero attached hydrogens (tertiary/aromatic N) is 5. The molecule has 50 heavy (non-hydrogen) atoms. The van der Waals surface area contributed by atoms with Gasteiger partial charge < -0.3 is 19.3 Å². The van der Waals surface area contributed by atoms with Gasteiger partial charge in [-0.05, 0) is 72.4 Å². The van der Waals surface area contributed by atoms with Crippen molar-refractivity contribution in [2.75, 3.05) is 59.0 Å². The van der Waals surface area contributed by atoms with Crippen LogP contribution in [0.15, 0.2) is 71.7 Å². The lowest BCUT2D eigenvalue weighted by Crippen LogP contribution is -2.56. The van der Waals surface area contributed by atoms with Crippen molar-refractivity contribution in [2.45, 2.75) is 58.2 Å². The van der Waals surface area contributed by atoms with E-state index in [1.165, 1.54) is 0 Å². The van der Waals surface area contributed by atoms with Gasteiger partial charge in [0, 0.05) is 49.3 Å². The van der Waals surface area contributed by atoms with Gasteiger partial charge in [0.05, 0.1) is 37.5 Å². The molecule has 0 saturated carbocycles. The fraction of sp³-hybridized carbons (Fsp3) is 0.462. The van der Waals surface area contributed by atoms with E-state index in [0.29, 0.717) is 80.7 Å². The minimum absolute atomic E-state index is 0.0949. The van der Waals surface area contributed by atoms with Crippen molar-refractivity contribution in [3.8, 4) is 5.75 Å². The van der Waals surface area contributed by atoms with Gasteiger partial charge in [0.15, 0.2) is 0 Å². The minimum Gasteiger partial charge on any atom is -0.490 e. The molecule has 0 aromatic heterocycles. The molecule has 266 valence electrons. The van der Waals surface area contributed by atoms with Crippen molar-refractivity contribution in [1.29, 1.82) is 0 Å². The Balaban J connectivity index is 1.38. The summed E-state index contributed by atoms with van der Waals surface area (Å²) in [4.78, 5) is 41.1. The van der Waals surface area contributed by atoms with Crippen LogP contribution in [0.3, 0.4) is 0 Å². The first-order valence-electron chi connectivity index (χ1n) is 17.5. The molecule has 0 bridgehead atoms. The molecule has 2 atom stereocenters. The van der Waals surface area contributed by atoms with Crippen LogP contribution in [0.2, 0.25) is 10.0 Å². The van der Waals surface area contributed by atoms with Gasteiger partial charge in [-0.25, -0.2) is 4.79 Å². The molecule has 3 aromatic carbocycles. The van der Waals surface area contributed by atoms with Crippen molar-refractivity contribution >= 4 is 41.0 Å². The van der Waals surface area contributed by atoms with E-state index in [4.69, 9.17) is 37.7 Å². The molecule has 2 fully saturated rings. The minimum atomic E-state index is -0.467. The number of benzene rings is 3. The van der Waals surface area contributed by atoms with Crippen molar-refractivity contribution in [3.05, 3.63) is 99.0 Å². The standard InChI is InChI=1S/C39H47Cl2N5O4/c1-26(2)50-33-24-29(39(3,4)5)10-15-32(33)37-42-35(27-6-11-30(40)12-7-27)36(28-8-13-31(41)14-9-28)46(37)38(48)45-18-16-43(17-19-45)25-34(47)44-20-22-49-23-21-44/h6-15,24,26,35-36H,16-23,25H2,1-5H3/t35-,36+/m0/s1. The Bertz CT molecular complexity index is 1690. The van der Waals surface area contributed by atoms with Crippen molar-refractivity contribution in [2.24, 2.45) is 4.99 Å². The van der Waals surface area contributed by atoms with Gasteiger partial charge in [-0.3, -0.25) is 19.6 Å². The lowest BCUT2D eigenvalue weighted by molar-refractivity contribution is -0.136. The lowest BCUT2D eigenvalue weighted by atomic mass is 9.86. The van der Waals surface area contributed by atoms with E-state index in [1.807, 2.05) is 83.1 Å². The molecule has 6 rings (SSSR count). The Hall–Kier alpha value is -3.63. The molecule has 11 heteroatoms. The fourth-order valence-corrected chi connectivity index (χ4v) is 6.99. The van der Waals surface area contributed by atoms with E-state index in [2.05, 4.69) is 37.8 Å². The van der Waals surface area contributed by atoms with Crippen LogP contribution in [0.4, 0.5) is 4.79 Å². The van der Waals surface area contributed by atoms with E-state index in [0.717, 1.165) is 22.3 Å². The highest BCUT2D eigenvalue weighted by molar-refractivity contribution is 6.30. The highest BCUT2D eigenvalue weighted by Gasteiger charge is 2.45. The second kappa shape index (κ2) is 15.3. The largest absolute Gasteiger partial charge is 0.490 e. The highest BCUT2D eigenvalue weighted by atomic mass is 35.5. The highest BCUT2D eigenvalue weighted by Crippen LogP contribution is 2.46. The smallest absolute Gasteiger partial charge is 0.326 e. The molecule has 0 spiro atoms. The summed E-state index contributed by atoms with van der Waals surface area (Å²) in [5, 5.41) is 1.24. The Morgan fingerprint density at radius 3 is 2.02 bits per heavy atom. The molecule has 0 aliphatic carbocycles. The zero-order valence-electron chi connectivity index (χ0n) is 29.6. The van der Waals surface area contributed by atoms with Crippen molar-refractivity contribution < 1.29 is 19.1 Å². The molecule has 0 N–H and O–H groups in total.